The topological polar surface area (TPSA) is 83.9 Å². The molecule has 122 valence electrons. The van der Waals surface area contributed by atoms with Gasteiger partial charge in [-0.05, 0) is 31.9 Å². The van der Waals surface area contributed by atoms with Gasteiger partial charge in [0.05, 0.1) is 4.90 Å². The van der Waals surface area contributed by atoms with Crippen LogP contribution >= 0.6 is 0 Å². The standard InChI is InChI=1S/C14H20N2O4S2/c1-11-6-8-12(9-7-11)22(19,20)16-10-4-5-13(16)14(17)15-21(2,3)18/h6-9,13H,4-5,10H2,1-3H3/t13-/m0/s1. The van der Waals surface area contributed by atoms with E-state index in [9.17, 15) is 17.4 Å². The summed E-state index contributed by atoms with van der Waals surface area (Å²) in [5.41, 5.74) is 0.958. The maximum atomic E-state index is 12.7. The Kier molecular flexibility index (Phi) is 4.74. The van der Waals surface area contributed by atoms with Crippen molar-refractivity contribution in [2.75, 3.05) is 19.1 Å². The molecule has 0 aromatic heterocycles. The number of hydrogen-bond acceptors (Lipinski definition) is 4. The molecule has 1 amide bonds. The van der Waals surface area contributed by atoms with Crippen LogP contribution in [0.15, 0.2) is 33.5 Å². The minimum atomic E-state index is -3.75. The van der Waals surface area contributed by atoms with Crippen LogP contribution in [-0.2, 0) is 24.5 Å². The number of aryl methyl sites for hydroxylation is 1. The molecule has 1 aliphatic rings. The lowest BCUT2D eigenvalue weighted by Crippen LogP contribution is -2.40. The Morgan fingerprint density at radius 2 is 1.77 bits per heavy atom. The molecule has 0 N–H and O–H groups in total. The van der Waals surface area contributed by atoms with Gasteiger partial charge in [-0.25, -0.2) is 12.6 Å². The molecule has 2 rings (SSSR count). The molecule has 1 aromatic rings. The third kappa shape index (κ3) is 3.74. The third-order valence-corrected chi connectivity index (χ3v) is 5.97. The number of amides is 1. The molecule has 0 bridgehead atoms. The van der Waals surface area contributed by atoms with Crippen LogP contribution in [0.4, 0.5) is 0 Å². The number of carbonyl (C=O) groups excluding carboxylic acids is 1. The van der Waals surface area contributed by atoms with Crippen molar-refractivity contribution in [2.45, 2.75) is 30.7 Å². The zero-order chi connectivity index (χ0) is 16.5. The van der Waals surface area contributed by atoms with E-state index < -0.39 is 31.7 Å². The first-order valence-corrected chi connectivity index (χ1v) is 10.7. The maximum Gasteiger partial charge on any atom is 0.272 e. The van der Waals surface area contributed by atoms with Crippen LogP contribution in [0.1, 0.15) is 18.4 Å². The lowest BCUT2D eigenvalue weighted by atomic mass is 10.2. The summed E-state index contributed by atoms with van der Waals surface area (Å²) in [5, 5.41) is 0. The highest BCUT2D eigenvalue weighted by molar-refractivity contribution is 7.92. The molecule has 0 spiro atoms. The van der Waals surface area contributed by atoms with Crippen molar-refractivity contribution in [3.63, 3.8) is 0 Å². The Balaban J connectivity index is 2.36. The SMILES string of the molecule is Cc1ccc(S(=O)(=O)N2CCC[C@H]2C(=O)N=S(C)(C)=O)cc1. The van der Waals surface area contributed by atoms with Gasteiger partial charge in [0.2, 0.25) is 10.0 Å². The highest BCUT2D eigenvalue weighted by Crippen LogP contribution is 2.27. The molecule has 1 heterocycles. The van der Waals surface area contributed by atoms with E-state index in [2.05, 4.69) is 4.36 Å². The zero-order valence-electron chi connectivity index (χ0n) is 12.9. The van der Waals surface area contributed by atoms with Gasteiger partial charge in [0.1, 0.15) is 6.04 Å². The monoisotopic (exact) mass is 344 g/mol. The molecule has 0 radical (unpaired) electrons. The highest BCUT2D eigenvalue weighted by Gasteiger charge is 2.39. The zero-order valence-corrected chi connectivity index (χ0v) is 14.5. The largest absolute Gasteiger partial charge is 0.272 e. The van der Waals surface area contributed by atoms with Crippen molar-refractivity contribution in [2.24, 2.45) is 4.36 Å². The van der Waals surface area contributed by atoms with Gasteiger partial charge in [-0.15, -0.1) is 0 Å². The minimum Gasteiger partial charge on any atom is -0.270 e. The minimum absolute atomic E-state index is 0.159. The Bertz CT molecular complexity index is 783. The van der Waals surface area contributed by atoms with Gasteiger partial charge < -0.3 is 0 Å². The van der Waals surface area contributed by atoms with Crippen LogP contribution in [0, 0.1) is 6.92 Å². The molecule has 1 aromatic carbocycles. The van der Waals surface area contributed by atoms with Crippen LogP contribution < -0.4 is 0 Å². The van der Waals surface area contributed by atoms with Crippen LogP contribution in [0.5, 0.6) is 0 Å². The Labute approximate surface area is 131 Å². The fraction of sp³-hybridized carbons (Fsp3) is 0.500. The van der Waals surface area contributed by atoms with Gasteiger partial charge >= 0.3 is 0 Å². The summed E-state index contributed by atoms with van der Waals surface area (Å²) in [6.45, 7) is 2.15. The predicted molar refractivity (Wildman–Crippen MR) is 85.5 cm³/mol. The molecule has 0 unspecified atom stereocenters. The lowest BCUT2D eigenvalue weighted by Gasteiger charge is -2.21. The molecule has 0 aliphatic carbocycles. The second kappa shape index (κ2) is 6.10. The van der Waals surface area contributed by atoms with E-state index in [0.29, 0.717) is 12.8 Å². The number of carbonyl (C=O) groups is 1. The maximum absolute atomic E-state index is 12.7. The second-order valence-corrected chi connectivity index (χ2v) is 10.1. The molecular weight excluding hydrogens is 324 g/mol. The summed E-state index contributed by atoms with van der Waals surface area (Å²) >= 11 is 0. The van der Waals surface area contributed by atoms with Crippen molar-refractivity contribution in [1.29, 1.82) is 0 Å². The molecule has 1 fully saturated rings. The summed E-state index contributed by atoms with van der Waals surface area (Å²) < 4.78 is 41.9. The van der Waals surface area contributed by atoms with Crippen LogP contribution in [0.25, 0.3) is 0 Å². The van der Waals surface area contributed by atoms with Gasteiger partial charge in [0.15, 0.2) is 0 Å². The van der Waals surface area contributed by atoms with Crippen LogP contribution in [0.2, 0.25) is 0 Å². The van der Waals surface area contributed by atoms with E-state index in [4.69, 9.17) is 0 Å². The first kappa shape index (κ1) is 17.1. The van der Waals surface area contributed by atoms with E-state index in [1.54, 1.807) is 12.1 Å². The lowest BCUT2D eigenvalue weighted by molar-refractivity contribution is -0.120. The van der Waals surface area contributed by atoms with E-state index in [-0.39, 0.29) is 11.4 Å². The van der Waals surface area contributed by atoms with Gasteiger partial charge in [0.25, 0.3) is 5.91 Å². The van der Waals surface area contributed by atoms with E-state index in [0.717, 1.165) is 5.56 Å². The average molecular weight is 344 g/mol. The average Bonchev–Trinajstić information content (AvgIpc) is 2.87. The second-order valence-electron chi connectivity index (χ2n) is 5.70. The molecule has 1 aliphatic heterocycles. The Morgan fingerprint density at radius 3 is 2.32 bits per heavy atom. The number of benzene rings is 1. The Morgan fingerprint density at radius 1 is 1.18 bits per heavy atom. The Hall–Kier alpha value is -1.25. The fourth-order valence-corrected chi connectivity index (χ4v) is 4.60. The van der Waals surface area contributed by atoms with Gasteiger partial charge in [-0.1, -0.05) is 17.7 Å². The molecule has 22 heavy (non-hydrogen) atoms. The molecule has 8 heteroatoms. The van der Waals surface area contributed by atoms with Crippen molar-refractivity contribution in [1.82, 2.24) is 4.31 Å². The molecule has 6 nitrogen and oxygen atoms in total. The van der Waals surface area contributed by atoms with Gasteiger partial charge in [-0.3, -0.25) is 4.79 Å². The quantitative estimate of drug-likeness (QED) is 0.830. The summed E-state index contributed by atoms with van der Waals surface area (Å²) in [5.74, 6) is -0.622. The molecule has 1 saturated heterocycles. The normalized spacial score (nSPS) is 20.0. The van der Waals surface area contributed by atoms with E-state index in [1.807, 2.05) is 6.92 Å². The van der Waals surface area contributed by atoms with Crippen molar-refractivity contribution in [3.8, 4) is 0 Å². The van der Waals surface area contributed by atoms with Crippen molar-refractivity contribution >= 4 is 25.7 Å². The molecule has 1 atom stereocenters. The first-order valence-electron chi connectivity index (χ1n) is 6.91. The highest BCUT2D eigenvalue weighted by atomic mass is 32.2. The number of nitrogens with zero attached hydrogens (tertiary/aromatic N) is 2. The summed E-state index contributed by atoms with van der Waals surface area (Å²) in [6.07, 6.45) is 3.71. The molecular formula is C14H20N2O4S2. The summed E-state index contributed by atoms with van der Waals surface area (Å²) in [6, 6.07) is 5.64. The van der Waals surface area contributed by atoms with Crippen molar-refractivity contribution < 1.29 is 17.4 Å². The van der Waals surface area contributed by atoms with Crippen LogP contribution in [-0.4, -0.2) is 47.9 Å². The van der Waals surface area contributed by atoms with Gasteiger partial charge in [-0.2, -0.15) is 8.67 Å². The van der Waals surface area contributed by atoms with Gasteiger partial charge in [0, 0.05) is 28.8 Å². The van der Waals surface area contributed by atoms with E-state index >= 15 is 0 Å². The van der Waals surface area contributed by atoms with E-state index in [1.165, 1.54) is 28.9 Å². The smallest absolute Gasteiger partial charge is 0.270 e. The number of hydrogen-bond donors (Lipinski definition) is 0. The predicted octanol–water partition coefficient (Wildman–Crippen LogP) is 1.40. The number of rotatable bonds is 3. The summed E-state index contributed by atoms with van der Waals surface area (Å²) in [4.78, 5) is 12.3. The summed E-state index contributed by atoms with van der Waals surface area (Å²) in [7, 11) is -6.34. The van der Waals surface area contributed by atoms with Crippen molar-refractivity contribution in [3.05, 3.63) is 29.8 Å². The number of sulfonamides is 1. The molecule has 0 saturated carbocycles. The first-order chi connectivity index (χ1) is 10.1. The van der Waals surface area contributed by atoms with Crippen LogP contribution in [0.3, 0.4) is 0 Å². The third-order valence-electron chi connectivity index (χ3n) is 3.43. The fourth-order valence-electron chi connectivity index (χ4n) is 2.40.